The van der Waals surface area contributed by atoms with E-state index in [0.717, 1.165) is 5.69 Å². The van der Waals surface area contributed by atoms with Crippen molar-refractivity contribution in [3.8, 4) is 50.2 Å². The third-order valence-electron chi connectivity index (χ3n) is 9.95. The van der Waals surface area contributed by atoms with Gasteiger partial charge in [-0.2, -0.15) is 0 Å². The molecule has 2 heterocycles. The van der Waals surface area contributed by atoms with Crippen molar-refractivity contribution in [1.82, 2.24) is 4.57 Å². The maximum atomic E-state index is 2.48. The molecule has 0 radical (unpaired) electrons. The number of rotatable bonds is 5. The molecule has 0 bridgehead atoms. The standard InChI is InChI=1S/C48H31NS/c1-3-13-32(14-4-1)34-17-11-19-36(25-34)38-27-39(37-20-12-18-35(26-37)33-15-5-2-6-16-33)29-40(28-38)49-45-23-9-7-21-41(45)43-30-44-42-22-8-10-24-47(42)50-48(44)31-46(43)49/h1-31H. The van der Waals surface area contributed by atoms with Gasteiger partial charge in [0.15, 0.2) is 0 Å². The Bertz CT molecular complexity index is 2760. The maximum Gasteiger partial charge on any atom is 0.0555 e. The van der Waals surface area contributed by atoms with Crippen LogP contribution in [-0.4, -0.2) is 4.57 Å². The number of hydrogen-bond acceptors (Lipinski definition) is 1. The fraction of sp³-hybridized carbons (Fsp3) is 0. The molecule has 0 saturated carbocycles. The van der Waals surface area contributed by atoms with E-state index in [-0.39, 0.29) is 0 Å². The molecule has 0 aliphatic heterocycles. The molecular weight excluding hydrogens is 623 g/mol. The molecule has 0 amide bonds. The van der Waals surface area contributed by atoms with Gasteiger partial charge in [0.1, 0.15) is 0 Å². The van der Waals surface area contributed by atoms with Gasteiger partial charge in [-0.3, -0.25) is 0 Å². The monoisotopic (exact) mass is 653 g/mol. The summed E-state index contributed by atoms with van der Waals surface area (Å²) in [6, 6.07) is 68.8. The fourth-order valence-electron chi connectivity index (χ4n) is 7.56. The van der Waals surface area contributed by atoms with Crippen molar-refractivity contribution in [3.05, 3.63) is 188 Å². The molecule has 0 aliphatic carbocycles. The Morgan fingerprint density at radius 3 is 1.42 bits per heavy atom. The molecule has 10 aromatic rings. The minimum absolute atomic E-state index is 1.15. The number of hydrogen-bond donors (Lipinski definition) is 0. The zero-order valence-electron chi connectivity index (χ0n) is 27.3. The Kier molecular flexibility index (Phi) is 6.75. The number of fused-ring (bicyclic) bond motifs is 6. The summed E-state index contributed by atoms with van der Waals surface area (Å²) in [6.45, 7) is 0. The van der Waals surface area contributed by atoms with Crippen LogP contribution < -0.4 is 0 Å². The predicted molar refractivity (Wildman–Crippen MR) is 215 cm³/mol. The second-order valence-corrected chi connectivity index (χ2v) is 14.1. The van der Waals surface area contributed by atoms with Gasteiger partial charge in [-0.1, -0.05) is 133 Å². The third kappa shape index (κ3) is 4.84. The maximum absolute atomic E-state index is 2.48. The van der Waals surface area contributed by atoms with Crippen LogP contribution in [0.1, 0.15) is 0 Å². The van der Waals surface area contributed by atoms with E-state index in [0.29, 0.717) is 0 Å². The summed E-state index contributed by atoms with van der Waals surface area (Å²) in [5.41, 5.74) is 13.2. The lowest BCUT2D eigenvalue weighted by Gasteiger charge is -2.15. The lowest BCUT2D eigenvalue weighted by Crippen LogP contribution is -1.96. The third-order valence-corrected chi connectivity index (χ3v) is 11.1. The molecule has 0 fully saturated rings. The van der Waals surface area contributed by atoms with Gasteiger partial charge in [0.2, 0.25) is 0 Å². The molecule has 234 valence electrons. The van der Waals surface area contributed by atoms with E-state index in [1.807, 2.05) is 11.3 Å². The van der Waals surface area contributed by atoms with Crippen molar-refractivity contribution < 1.29 is 0 Å². The summed E-state index contributed by atoms with van der Waals surface area (Å²) < 4.78 is 5.11. The average molecular weight is 654 g/mol. The number of aromatic nitrogens is 1. The number of benzene rings is 8. The van der Waals surface area contributed by atoms with E-state index in [9.17, 15) is 0 Å². The van der Waals surface area contributed by atoms with Gasteiger partial charge in [-0.05, 0) is 99.1 Å². The van der Waals surface area contributed by atoms with Crippen molar-refractivity contribution in [2.45, 2.75) is 0 Å². The molecule has 0 spiro atoms. The lowest BCUT2D eigenvalue weighted by molar-refractivity contribution is 1.18. The summed E-state index contributed by atoms with van der Waals surface area (Å²) in [4.78, 5) is 0. The first-order valence-corrected chi connectivity index (χ1v) is 17.9. The van der Waals surface area contributed by atoms with E-state index in [1.54, 1.807) is 0 Å². The van der Waals surface area contributed by atoms with Crippen LogP contribution in [0.3, 0.4) is 0 Å². The quantitative estimate of drug-likeness (QED) is 0.174. The van der Waals surface area contributed by atoms with Crippen molar-refractivity contribution in [3.63, 3.8) is 0 Å². The number of nitrogens with zero attached hydrogens (tertiary/aromatic N) is 1. The normalized spacial score (nSPS) is 11.6. The van der Waals surface area contributed by atoms with Crippen LogP contribution in [0.4, 0.5) is 0 Å². The van der Waals surface area contributed by atoms with Crippen LogP contribution in [0.5, 0.6) is 0 Å². The Labute approximate surface area is 295 Å². The van der Waals surface area contributed by atoms with E-state index in [1.165, 1.54) is 86.5 Å². The van der Waals surface area contributed by atoms with Crippen LogP contribution in [0.25, 0.3) is 92.2 Å². The average Bonchev–Trinajstić information content (AvgIpc) is 3.72. The number of thiophene rings is 1. The van der Waals surface area contributed by atoms with E-state index in [4.69, 9.17) is 0 Å². The Hall–Kier alpha value is -6.22. The SMILES string of the molecule is c1ccc(-c2cccc(-c3cc(-c4cccc(-c5ccccc5)c4)cc(-n4c5ccccc5c5cc6c(cc54)sc4ccccc46)c3)c2)cc1. The van der Waals surface area contributed by atoms with Gasteiger partial charge in [-0.25, -0.2) is 0 Å². The molecule has 2 aromatic heterocycles. The van der Waals surface area contributed by atoms with E-state index < -0.39 is 0 Å². The minimum Gasteiger partial charge on any atom is -0.309 e. The largest absolute Gasteiger partial charge is 0.309 e. The Balaban J connectivity index is 1.24. The summed E-state index contributed by atoms with van der Waals surface area (Å²) in [5.74, 6) is 0. The highest BCUT2D eigenvalue weighted by molar-refractivity contribution is 7.25. The first-order chi connectivity index (χ1) is 24.8. The van der Waals surface area contributed by atoms with Crippen LogP contribution in [-0.2, 0) is 0 Å². The van der Waals surface area contributed by atoms with Crippen molar-refractivity contribution in [2.75, 3.05) is 0 Å². The van der Waals surface area contributed by atoms with Gasteiger partial charge in [0, 0.05) is 36.6 Å². The molecule has 0 aliphatic rings. The Morgan fingerprint density at radius 2 is 0.780 bits per heavy atom. The zero-order valence-corrected chi connectivity index (χ0v) is 28.1. The van der Waals surface area contributed by atoms with Gasteiger partial charge in [0.05, 0.1) is 11.0 Å². The minimum atomic E-state index is 1.15. The van der Waals surface area contributed by atoms with Crippen molar-refractivity contribution in [1.29, 1.82) is 0 Å². The molecular formula is C48H31NS. The molecule has 0 atom stereocenters. The summed E-state index contributed by atoms with van der Waals surface area (Å²) in [6.07, 6.45) is 0. The highest BCUT2D eigenvalue weighted by Crippen LogP contribution is 2.42. The van der Waals surface area contributed by atoms with Crippen LogP contribution >= 0.6 is 11.3 Å². The molecule has 2 heteroatoms. The number of para-hydroxylation sites is 1. The molecule has 8 aromatic carbocycles. The van der Waals surface area contributed by atoms with E-state index in [2.05, 4.69) is 193 Å². The Morgan fingerprint density at radius 1 is 0.280 bits per heavy atom. The van der Waals surface area contributed by atoms with Crippen LogP contribution in [0.2, 0.25) is 0 Å². The molecule has 1 nitrogen and oxygen atoms in total. The van der Waals surface area contributed by atoms with Crippen molar-refractivity contribution >= 4 is 53.3 Å². The highest BCUT2D eigenvalue weighted by atomic mass is 32.1. The fourth-order valence-corrected chi connectivity index (χ4v) is 8.68. The summed E-state index contributed by atoms with van der Waals surface area (Å²) in [7, 11) is 0. The molecule has 50 heavy (non-hydrogen) atoms. The van der Waals surface area contributed by atoms with Gasteiger partial charge >= 0.3 is 0 Å². The highest BCUT2D eigenvalue weighted by Gasteiger charge is 2.17. The smallest absolute Gasteiger partial charge is 0.0555 e. The zero-order chi connectivity index (χ0) is 33.0. The lowest BCUT2D eigenvalue weighted by atomic mass is 9.94. The molecule has 0 N–H and O–H groups in total. The van der Waals surface area contributed by atoms with Crippen LogP contribution in [0.15, 0.2) is 188 Å². The summed E-state index contributed by atoms with van der Waals surface area (Å²) >= 11 is 1.88. The molecule has 0 saturated heterocycles. The second-order valence-electron chi connectivity index (χ2n) is 13.0. The summed E-state index contributed by atoms with van der Waals surface area (Å²) in [5, 5.41) is 5.20. The predicted octanol–water partition coefficient (Wildman–Crippen LogP) is 13.8. The molecule has 0 unspecified atom stereocenters. The van der Waals surface area contributed by atoms with Crippen molar-refractivity contribution in [2.24, 2.45) is 0 Å². The molecule has 10 rings (SSSR count). The topological polar surface area (TPSA) is 4.93 Å². The van der Waals surface area contributed by atoms with Crippen LogP contribution in [0, 0.1) is 0 Å². The first-order valence-electron chi connectivity index (χ1n) is 17.1. The second kappa shape index (κ2) is 11.7. The van der Waals surface area contributed by atoms with Gasteiger partial charge < -0.3 is 4.57 Å². The van der Waals surface area contributed by atoms with Gasteiger partial charge in [0.25, 0.3) is 0 Å². The first kappa shape index (κ1) is 28.8. The van der Waals surface area contributed by atoms with Gasteiger partial charge in [-0.15, -0.1) is 11.3 Å². The van der Waals surface area contributed by atoms with E-state index >= 15 is 0 Å².